The van der Waals surface area contributed by atoms with E-state index in [1.807, 2.05) is 7.05 Å². The highest BCUT2D eigenvalue weighted by atomic mass is 35.5. The number of hydrogen-bond acceptors (Lipinski definition) is 6. The topological polar surface area (TPSA) is 116 Å². The monoisotopic (exact) mass is 445 g/mol. The summed E-state index contributed by atoms with van der Waals surface area (Å²) in [5.74, 6) is -0.220. The van der Waals surface area contributed by atoms with Crippen molar-refractivity contribution in [3.05, 3.63) is 52.2 Å². The minimum atomic E-state index is -0.485. The van der Waals surface area contributed by atoms with E-state index in [-0.39, 0.29) is 35.9 Å². The molecule has 0 bridgehead atoms. The highest BCUT2D eigenvalue weighted by Crippen LogP contribution is 2.37. The first kappa shape index (κ1) is 22.5. The molecular weight excluding hydrogens is 422 g/mol. The second-order valence-corrected chi connectivity index (χ2v) is 7.72. The van der Waals surface area contributed by atoms with Crippen molar-refractivity contribution in [2.24, 2.45) is 0 Å². The van der Waals surface area contributed by atoms with E-state index in [1.54, 1.807) is 23.1 Å². The van der Waals surface area contributed by atoms with Gasteiger partial charge in [0.25, 0.3) is 11.6 Å². The minimum absolute atomic E-state index is 0. The van der Waals surface area contributed by atoms with Gasteiger partial charge in [-0.15, -0.1) is 12.4 Å². The Morgan fingerprint density at radius 1 is 1.29 bits per heavy atom. The third-order valence-corrected chi connectivity index (χ3v) is 5.80. The van der Waals surface area contributed by atoms with Crippen LogP contribution in [0.5, 0.6) is 5.88 Å². The summed E-state index contributed by atoms with van der Waals surface area (Å²) in [5.41, 5.74) is 1.76. The molecule has 0 unspecified atom stereocenters. The zero-order valence-electron chi connectivity index (χ0n) is 17.2. The first-order chi connectivity index (χ1) is 14.3. The van der Waals surface area contributed by atoms with Crippen LogP contribution in [0.25, 0.3) is 22.2 Å². The number of halogens is 1. The average Bonchev–Trinajstić information content (AvgIpc) is 3.08. The smallest absolute Gasteiger partial charge is 0.270 e. The summed E-state index contributed by atoms with van der Waals surface area (Å²) in [5, 5.41) is 21.9. The number of aromatic nitrogens is 2. The molecule has 3 heterocycles. The van der Waals surface area contributed by atoms with Gasteiger partial charge in [0, 0.05) is 42.3 Å². The number of H-pyrrole nitrogens is 1. The van der Waals surface area contributed by atoms with Crippen molar-refractivity contribution >= 4 is 34.9 Å². The Balaban J connectivity index is 0.00000272. The van der Waals surface area contributed by atoms with Crippen LogP contribution in [0.2, 0.25) is 0 Å². The molecule has 1 aromatic carbocycles. The maximum absolute atomic E-state index is 12.9. The molecule has 4 rings (SSSR count). The maximum atomic E-state index is 12.9. The van der Waals surface area contributed by atoms with Crippen molar-refractivity contribution in [2.75, 3.05) is 27.2 Å². The molecule has 2 N–H and O–H groups in total. The molecule has 1 amide bonds. The summed E-state index contributed by atoms with van der Waals surface area (Å²) in [6.45, 7) is 1.93. The van der Waals surface area contributed by atoms with Gasteiger partial charge in [0.2, 0.25) is 0 Å². The lowest BCUT2D eigenvalue weighted by molar-refractivity contribution is -0.384. The number of carbonyl (C=O) groups excluding carboxylic acids is 1. The Hall–Kier alpha value is -3.17. The highest BCUT2D eigenvalue weighted by molar-refractivity contribution is 6.00. The van der Waals surface area contributed by atoms with Crippen LogP contribution < -0.4 is 0 Å². The zero-order valence-corrected chi connectivity index (χ0v) is 18.1. The van der Waals surface area contributed by atoms with E-state index in [9.17, 15) is 20.0 Å². The third kappa shape index (κ3) is 4.33. The number of fused-ring (bicyclic) bond motifs is 1. The van der Waals surface area contributed by atoms with Crippen molar-refractivity contribution < 1.29 is 14.8 Å². The van der Waals surface area contributed by atoms with Crippen LogP contribution in [0.3, 0.4) is 0 Å². The largest absolute Gasteiger partial charge is 0.494 e. The number of aromatic hydroxyl groups is 1. The molecule has 164 valence electrons. The molecule has 1 saturated heterocycles. The van der Waals surface area contributed by atoms with Crippen molar-refractivity contribution in [3.63, 3.8) is 0 Å². The van der Waals surface area contributed by atoms with Gasteiger partial charge in [0.1, 0.15) is 0 Å². The van der Waals surface area contributed by atoms with Crippen LogP contribution in [-0.2, 0) is 0 Å². The van der Waals surface area contributed by atoms with Crippen molar-refractivity contribution in [1.29, 1.82) is 0 Å². The van der Waals surface area contributed by atoms with E-state index in [2.05, 4.69) is 21.9 Å². The molecular formula is C21H24ClN5O4. The van der Waals surface area contributed by atoms with Crippen molar-refractivity contribution in [1.82, 2.24) is 19.8 Å². The van der Waals surface area contributed by atoms with Gasteiger partial charge in [0.05, 0.1) is 21.7 Å². The van der Waals surface area contributed by atoms with Crippen LogP contribution in [0, 0.1) is 10.1 Å². The zero-order chi connectivity index (χ0) is 21.4. The number of piperidine rings is 1. The number of carbonyl (C=O) groups is 1. The molecule has 31 heavy (non-hydrogen) atoms. The Bertz CT molecular complexity index is 1110. The van der Waals surface area contributed by atoms with Crippen LogP contribution >= 0.6 is 12.4 Å². The normalized spacial score (nSPS) is 14.9. The number of benzene rings is 1. The highest BCUT2D eigenvalue weighted by Gasteiger charge is 2.25. The number of aromatic amines is 1. The molecule has 1 aliphatic heterocycles. The van der Waals surface area contributed by atoms with E-state index in [0.29, 0.717) is 27.7 Å². The van der Waals surface area contributed by atoms with Crippen molar-refractivity contribution in [2.45, 2.75) is 18.9 Å². The Kier molecular flexibility index (Phi) is 6.47. The number of hydrogen-bond donors (Lipinski definition) is 2. The summed E-state index contributed by atoms with van der Waals surface area (Å²) in [7, 11) is 3.90. The number of nitro groups is 1. The van der Waals surface area contributed by atoms with Gasteiger partial charge in [-0.25, -0.2) is 0 Å². The SMILES string of the molecule is CN1CCC(N(C)C(=O)c2ccc(-c3c(O)[nH]c4ccc([N+](=O)[O-])cc34)nc2)CC1.Cl. The van der Waals surface area contributed by atoms with Gasteiger partial charge >= 0.3 is 0 Å². The first-order valence-corrected chi connectivity index (χ1v) is 9.76. The number of rotatable bonds is 4. The summed E-state index contributed by atoms with van der Waals surface area (Å²) >= 11 is 0. The summed E-state index contributed by atoms with van der Waals surface area (Å²) in [4.78, 5) is 34.7. The number of pyridine rings is 1. The van der Waals surface area contributed by atoms with E-state index in [1.165, 1.54) is 18.3 Å². The lowest BCUT2D eigenvalue weighted by Crippen LogP contribution is -2.44. The number of nitrogens with one attached hydrogen (secondary N) is 1. The second kappa shape index (κ2) is 8.91. The Labute approximate surface area is 185 Å². The Morgan fingerprint density at radius 2 is 2.00 bits per heavy atom. The van der Waals surface area contributed by atoms with E-state index < -0.39 is 4.92 Å². The lowest BCUT2D eigenvalue weighted by atomic mass is 10.0. The number of non-ortho nitro benzene ring substituents is 1. The predicted molar refractivity (Wildman–Crippen MR) is 120 cm³/mol. The van der Waals surface area contributed by atoms with E-state index in [0.717, 1.165) is 25.9 Å². The van der Waals surface area contributed by atoms with Gasteiger partial charge in [-0.2, -0.15) is 0 Å². The summed E-state index contributed by atoms with van der Waals surface area (Å²) < 4.78 is 0. The average molecular weight is 446 g/mol. The fraction of sp³-hybridized carbons (Fsp3) is 0.333. The molecule has 0 spiro atoms. The maximum Gasteiger partial charge on any atom is 0.270 e. The lowest BCUT2D eigenvalue weighted by Gasteiger charge is -2.35. The second-order valence-electron chi connectivity index (χ2n) is 7.72. The fourth-order valence-electron chi connectivity index (χ4n) is 3.96. The molecule has 9 nitrogen and oxygen atoms in total. The quantitative estimate of drug-likeness (QED) is 0.469. The molecule has 1 aliphatic rings. The van der Waals surface area contributed by atoms with Crippen LogP contribution in [0.1, 0.15) is 23.2 Å². The van der Waals surface area contributed by atoms with Crippen LogP contribution in [-0.4, -0.2) is 68.9 Å². The third-order valence-electron chi connectivity index (χ3n) is 5.80. The predicted octanol–water partition coefficient (Wildman–Crippen LogP) is 3.43. The van der Waals surface area contributed by atoms with Gasteiger partial charge in [-0.05, 0) is 51.2 Å². The van der Waals surface area contributed by atoms with E-state index in [4.69, 9.17) is 0 Å². The molecule has 3 aromatic rings. The molecule has 0 aliphatic carbocycles. The molecule has 0 saturated carbocycles. The molecule has 2 aromatic heterocycles. The number of nitro benzene ring substituents is 1. The van der Waals surface area contributed by atoms with Gasteiger partial charge < -0.3 is 19.9 Å². The van der Waals surface area contributed by atoms with Gasteiger partial charge in [-0.3, -0.25) is 19.9 Å². The van der Waals surface area contributed by atoms with E-state index >= 15 is 0 Å². The number of nitrogens with zero attached hydrogens (tertiary/aromatic N) is 4. The van der Waals surface area contributed by atoms with Gasteiger partial charge in [-0.1, -0.05) is 0 Å². The molecule has 0 atom stereocenters. The summed E-state index contributed by atoms with van der Waals surface area (Å²) in [6.07, 6.45) is 3.36. The minimum Gasteiger partial charge on any atom is -0.494 e. The number of amides is 1. The molecule has 0 radical (unpaired) electrons. The van der Waals surface area contributed by atoms with Gasteiger partial charge in [0.15, 0.2) is 5.88 Å². The van der Waals surface area contributed by atoms with Crippen molar-refractivity contribution in [3.8, 4) is 17.1 Å². The van der Waals surface area contributed by atoms with Crippen LogP contribution in [0.15, 0.2) is 36.5 Å². The number of likely N-dealkylation sites (tertiary alicyclic amines) is 1. The summed E-state index contributed by atoms with van der Waals surface area (Å²) in [6, 6.07) is 7.84. The standard InChI is InChI=1S/C21H23N5O4.ClH/c1-24-9-7-14(8-10-24)25(2)21(28)13-3-5-18(22-12-13)19-16-11-15(26(29)30)4-6-17(16)23-20(19)27;/h3-6,11-12,14,23,27H,7-10H2,1-2H3;1H. The molecule has 1 fully saturated rings. The van der Waals surface area contributed by atoms with Crippen LogP contribution in [0.4, 0.5) is 5.69 Å². The Morgan fingerprint density at radius 3 is 2.61 bits per heavy atom. The molecule has 10 heteroatoms. The first-order valence-electron chi connectivity index (χ1n) is 9.76. The fourth-order valence-corrected chi connectivity index (χ4v) is 3.96.